The minimum Gasteiger partial charge on any atom is -0.478 e. The first-order chi connectivity index (χ1) is 14.3. The molecule has 9 nitrogen and oxygen atoms in total. The van der Waals surface area contributed by atoms with Gasteiger partial charge in [0.2, 0.25) is 0 Å². The maximum Gasteiger partial charge on any atom is 0.275 e. The topological polar surface area (TPSA) is 103 Å². The number of methoxy groups -OCH3 is 1. The molecule has 0 bridgehead atoms. The first-order valence-corrected chi connectivity index (χ1v) is 9.72. The van der Waals surface area contributed by atoms with E-state index in [0.29, 0.717) is 27.2 Å². The van der Waals surface area contributed by atoms with Gasteiger partial charge in [0.05, 0.1) is 29.5 Å². The van der Waals surface area contributed by atoms with Crippen molar-refractivity contribution in [2.24, 2.45) is 0 Å². The Hall–Kier alpha value is -3.40. The number of benzene rings is 2. The van der Waals surface area contributed by atoms with Crippen LogP contribution in [-0.2, 0) is 6.54 Å². The molecule has 1 heterocycles. The third kappa shape index (κ3) is 4.43. The number of rotatable bonds is 7. The summed E-state index contributed by atoms with van der Waals surface area (Å²) in [7, 11) is 4.89. The van der Waals surface area contributed by atoms with Crippen molar-refractivity contribution in [3.05, 3.63) is 74.4 Å². The number of aromatic nitrogens is 2. The average molecular weight is 474 g/mol. The summed E-state index contributed by atoms with van der Waals surface area (Å²) >= 11 is 3.37. The normalized spacial score (nSPS) is 10.5. The van der Waals surface area contributed by atoms with Crippen molar-refractivity contribution in [1.82, 2.24) is 14.7 Å². The standard InChI is InChI=1S/C20H20BrN5O4/c1-24(2)20(27)13-7-9-14(10-8-13)25-12-17(19(23-25)30-3)22-11-15-16(21)5-4-6-18(15)26(28)29/h4-10,12,22H,11H2,1-3H3. The number of amides is 1. The minimum atomic E-state index is -0.418. The summed E-state index contributed by atoms with van der Waals surface area (Å²) in [5, 5.41) is 18.8. The molecule has 0 unspecified atom stereocenters. The molecule has 1 aromatic heterocycles. The molecule has 1 amide bonds. The van der Waals surface area contributed by atoms with Crippen molar-refractivity contribution in [1.29, 1.82) is 0 Å². The van der Waals surface area contributed by atoms with Crippen LogP contribution in [0.2, 0.25) is 0 Å². The van der Waals surface area contributed by atoms with E-state index < -0.39 is 4.92 Å². The molecule has 0 fully saturated rings. The van der Waals surface area contributed by atoms with Crippen molar-refractivity contribution < 1.29 is 14.5 Å². The number of nitro groups is 1. The summed E-state index contributed by atoms with van der Waals surface area (Å²) in [5.41, 5.74) is 2.43. The summed E-state index contributed by atoms with van der Waals surface area (Å²) in [5.74, 6) is 0.259. The minimum absolute atomic E-state index is 0.0179. The number of hydrogen-bond donors (Lipinski definition) is 1. The molecular weight excluding hydrogens is 454 g/mol. The lowest BCUT2D eigenvalue weighted by molar-refractivity contribution is -0.385. The van der Waals surface area contributed by atoms with Gasteiger partial charge < -0.3 is 15.0 Å². The number of nitrogens with one attached hydrogen (secondary N) is 1. The van der Waals surface area contributed by atoms with Crippen molar-refractivity contribution >= 4 is 33.2 Å². The second-order valence-electron chi connectivity index (χ2n) is 6.59. The largest absolute Gasteiger partial charge is 0.478 e. The van der Waals surface area contributed by atoms with Crippen molar-refractivity contribution in [3.63, 3.8) is 0 Å². The molecular formula is C20H20BrN5O4. The van der Waals surface area contributed by atoms with Crippen LogP contribution in [0.1, 0.15) is 15.9 Å². The Morgan fingerprint density at radius 1 is 1.27 bits per heavy atom. The fourth-order valence-corrected chi connectivity index (χ4v) is 3.35. The Morgan fingerprint density at radius 2 is 1.97 bits per heavy atom. The fraction of sp³-hybridized carbons (Fsp3) is 0.200. The lowest BCUT2D eigenvalue weighted by atomic mass is 10.2. The Kier molecular flexibility index (Phi) is 6.36. The van der Waals surface area contributed by atoms with Crippen LogP contribution >= 0.6 is 15.9 Å². The molecule has 30 heavy (non-hydrogen) atoms. The lowest BCUT2D eigenvalue weighted by Crippen LogP contribution is -2.21. The first-order valence-electron chi connectivity index (χ1n) is 8.93. The zero-order chi connectivity index (χ0) is 21.8. The first kappa shape index (κ1) is 21.3. The van der Waals surface area contributed by atoms with Gasteiger partial charge in [0.1, 0.15) is 5.69 Å². The Labute approximate surface area is 181 Å². The van der Waals surface area contributed by atoms with Gasteiger partial charge in [-0.05, 0) is 30.3 Å². The van der Waals surface area contributed by atoms with E-state index in [0.717, 1.165) is 5.69 Å². The van der Waals surface area contributed by atoms with E-state index in [1.807, 2.05) is 0 Å². The molecule has 0 aliphatic carbocycles. The fourth-order valence-electron chi connectivity index (χ4n) is 2.85. The number of anilines is 1. The summed E-state index contributed by atoms with van der Waals surface area (Å²) < 4.78 is 7.58. The summed E-state index contributed by atoms with van der Waals surface area (Å²) in [6.07, 6.45) is 1.73. The molecule has 0 radical (unpaired) electrons. The summed E-state index contributed by atoms with van der Waals surface area (Å²) in [6, 6.07) is 11.8. The molecule has 10 heteroatoms. The smallest absolute Gasteiger partial charge is 0.275 e. The van der Waals surface area contributed by atoms with Crippen LogP contribution < -0.4 is 10.1 Å². The van der Waals surface area contributed by atoms with Gasteiger partial charge in [0, 0.05) is 36.7 Å². The predicted molar refractivity (Wildman–Crippen MR) is 116 cm³/mol. The van der Waals surface area contributed by atoms with E-state index >= 15 is 0 Å². The monoisotopic (exact) mass is 473 g/mol. The van der Waals surface area contributed by atoms with Gasteiger partial charge in [-0.2, -0.15) is 0 Å². The summed E-state index contributed by atoms with van der Waals surface area (Å²) in [6.45, 7) is 0.204. The number of halogens is 1. The number of nitro benzene ring substituents is 1. The van der Waals surface area contributed by atoms with Crippen LogP contribution in [0.15, 0.2) is 53.1 Å². The quantitative estimate of drug-likeness (QED) is 0.412. The zero-order valence-corrected chi connectivity index (χ0v) is 18.2. The van der Waals surface area contributed by atoms with E-state index in [-0.39, 0.29) is 18.1 Å². The number of carbonyl (C=O) groups excluding carboxylic acids is 1. The molecule has 0 aliphatic rings. The van der Waals surface area contributed by atoms with Gasteiger partial charge >= 0.3 is 0 Å². The molecule has 0 atom stereocenters. The highest BCUT2D eigenvalue weighted by molar-refractivity contribution is 9.10. The third-order valence-corrected chi connectivity index (χ3v) is 5.15. The van der Waals surface area contributed by atoms with Gasteiger partial charge in [0.25, 0.3) is 17.5 Å². The van der Waals surface area contributed by atoms with Gasteiger partial charge in [-0.1, -0.05) is 22.0 Å². The number of hydrogen-bond acceptors (Lipinski definition) is 6. The molecule has 0 saturated carbocycles. The highest BCUT2D eigenvalue weighted by Crippen LogP contribution is 2.30. The van der Waals surface area contributed by atoms with Crippen LogP contribution in [0.25, 0.3) is 5.69 Å². The molecule has 3 rings (SSSR count). The van der Waals surface area contributed by atoms with Crippen LogP contribution in [-0.4, -0.2) is 46.7 Å². The van der Waals surface area contributed by atoms with Gasteiger partial charge in [-0.15, -0.1) is 5.10 Å². The highest BCUT2D eigenvalue weighted by Gasteiger charge is 2.18. The van der Waals surface area contributed by atoms with Gasteiger partial charge in [0.15, 0.2) is 0 Å². The van der Waals surface area contributed by atoms with Crippen molar-refractivity contribution in [2.45, 2.75) is 6.54 Å². The molecule has 0 saturated heterocycles. The van der Waals surface area contributed by atoms with Crippen LogP contribution in [0.4, 0.5) is 11.4 Å². The second-order valence-corrected chi connectivity index (χ2v) is 7.45. The van der Waals surface area contributed by atoms with E-state index in [1.54, 1.807) is 61.4 Å². The SMILES string of the molecule is COc1nn(-c2ccc(C(=O)N(C)C)cc2)cc1NCc1c(Br)cccc1[N+](=O)[O-]. The molecule has 1 N–H and O–H groups in total. The average Bonchev–Trinajstić information content (AvgIpc) is 3.15. The van der Waals surface area contributed by atoms with Crippen molar-refractivity contribution in [2.75, 3.05) is 26.5 Å². The van der Waals surface area contributed by atoms with Gasteiger partial charge in [-0.3, -0.25) is 14.9 Å². The highest BCUT2D eigenvalue weighted by atomic mass is 79.9. The number of carbonyl (C=O) groups is 1. The summed E-state index contributed by atoms with van der Waals surface area (Å²) in [4.78, 5) is 24.4. The Morgan fingerprint density at radius 3 is 2.57 bits per heavy atom. The van der Waals surface area contributed by atoms with E-state index in [2.05, 4.69) is 26.3 Å². The number of ether oxygens (including phenoxy) is 1. The molecule has 156 valence electrons. The van der Waals surface area contributed by atoms with E-state index in [4.69, 9.17) is 4.74 Å². The zero-order valence-electron chi connectivity index (χ0n) is 16.6. The Bertz CT molecular complexity index is 1080. The van der Waals surface area contributed by atoms with Crippen LogP contribution in [0.3, 0.4) is 0 Å². The van der Waals surface area contributed by atoms with Gasteiger partial charge in [-0.25, -0.2) is 4.68 Å². The third-order valence-electron chi connectivity index (χ3n) is 4.41. The molecule has 0 spiro atoms. The van der Waals surface area contributed by atoms with Crippen molar-refractivity contribution in [3.8, 4) is 11.6 Å². The van der Waals surface area contributed by atoms with Crippen LogP contribution in [0, 0.1) is 10.1 Å². The predicted octanol–water partition coefficient (Wildman–Crippen LogP) is 3.87. The van der Waals surface area contributed by atoms with E-state index in [1.165, 1.54) is 18.1 Å². The maximum atomic E-state index is 12.0. The maximum absolute atomic E-state index is 12.0. The Balaban J connectivity index is 1.84. The van der Waals surface area contributed by atoms with E-state index in [9.17, 15) is 14.9 Å². The number of nitrogens with zero attached hydrogens (tertiary/aromatic N) is 4. The molecule has 2 aromatic carbocycles. The molecule has 0 aliphatic heterocycles. The lowest BCUT2D eigenvalue weighted by Gasteiger charge is -2.10. The van der Waals surface area contributed by atoms with Crippen LogP contribution in [0.5, 0.6) is 5.88 Å². The molecule has 3 aromatic rings. The second kappa shape index (κ2) is 8.95.